The van der Waals surface area contributed by atoms with Gasteiger partial charge in [-0.1, -0.05) is 12.1 Å². The van der Waals surface area contributed by atoms with Gasteiger partial charge in [-0.3, -0.25) is 10.1 Å². The van der Waals surface area contributed by atoms with Gasteiger partial charge in [-0.05, 0) is 25.1 Å². The van der Waals surface area contributed by atoms with E-state index in [1.165, 1.54) is 43.8 Å². The van der Waals surface area contributed by atoms with Crippen LogP contribution < -0.4 is 5.32 Å². The van der Waals surface area contributed by atoms with Gasteiger partial charge >= 0.3 is 0 Å². The Bertz CT molecular complexity index is 1030. The van der Waals surface area contributed by atoms with Crippen LogP contribution >= 0.6 is 11.3 Å². The zero-order valence-corrected chi connectivity index (χ0v) is 16.0. The Balaban J connectivity index is 1.78. The Morgan fingerprint density at radius 2 is 1.88 bits per heavy atom. The van der Waals surface area contributed by atoms with Crippen LogP contribution in [0.5, 0.6) is 0 Å². The molecule has 3 aromatic rings. The Morgan fingerprint density at radius 3 is 2.46 bits per heavy atom. The zero-order chi connectivity index (χ0) is 18.9. The number of hydrogen-bond acceptors (Lipinski definition) is 6. The van der Waals surface area contributed by atoms with Crippen molar-refractivity contribution in [3.63, 3.8) is 0 Å². The lowest BCUT2D eigenvalue weighted by molar-refractivity contribution is 0.102. The monoisotopic (exact) mass is 391 g/mol. The molecule has 0 aliphatic heterocycles. The molecule has 9 heteroatoms. The van der Waals surface area contributed by atoms with E-state index in [4.69, 9.17) is 4.42 Å². The van der Waals surface area contributed by atoms with Gasteiger partial charge in [-0.25, -0.2) is 17.7 Å². The van der Waals surface area contributed by atoms with Crippen LogP contribution in [0.2, 0.25) is 0 Å². The van der Waals surface area contributed by atoms with Crippen molar-refractivity contribution in [1.82, 2.24) is 9.29 Å². The predicted octanol–water partition coefficient (Wildman–Crippen LogP) is 3.21. The summed E-state index contributed by atoms with van der Waals surface area (Å²) in [7, 11) is -0.493. The first kappa shape index (κ1) is 18.3. The molecule has 0 fully saturated rings. The second kappa shape index (κ2) is 7.02. The minimum Gasteiger partial charge on any atom is -0.469 e. The maximum absolute atomic E-state index is 12.2. The number of hydrogen-bond donors (Lipinski definition) is 1. The van der Waals surface area contributed by atoms with Crippen LogP contribution in [0, 0.1) is 6.92 Å². The Morgan fingerprint density at radius 1 is 1.19 bits per heavy atom. The number of nitrogens with one attached hydrogen (secondary N) is 1. The van der Waals surface area contributed by atoms with E-state index in [0.29, 0.717) is 22.1 Å². The van der Waals surface area contributed by atoms with Crippen molar-refractivity contribution in [3.05, 3.63) is 53.3 Å². The second-order valence-electron chi connectivity index (χ2n) is 5.69. The molecular formula is C17H17N3O4S2. The summed E-state index contributed by atoms with van der Waals surface area (Å²) in [6, 6.07) is 8.06. The summed E-state index contributed by atoms with van der Waals surface area (Å²) >= 11 is 1.29. The van der Waals surface area contributed by atoms with Gasteiger partial charge in [0.15, 0.2) is 5.13 Å². The van der Waals surface area contributed by atoms with Crippen molar-refractivity contribution in [2.24, 2.45) is 0 Å². The Labute approximate surface area is 155 Å². The molecule has 1 aromatic carbocycles. The van der Waals surface area contributed by atoms with Crippen molar-refractivity contribution in [1.29, 1.82) is 0 Å². The van der Waals surface area contributed by atoms with Gasteiger partial charge in [0, 0.05) is 25.0 Å². The lowest BCUT2D eigenvalue weighted by Crippen LogP contribution is -2.22. The van der Waals surface area contributed by atoms with E-state index in [-0.39, 0.29) is 10.8 Å². The maximum Gasteiger partial charge on any atom is 0.260 e. The van der Waals surface area contributed by atoms with Gasteiger partial charge in [0.1, 0.15) is 5.76 Å². The van der Waals surface area contributed by atoms with Gasteiger partial charge in [0.05, 0.1) is 22.4 Å². The van der Waals surface area contributed by atoms with E-state index < -0.39 is 10.0 Å². The zero-order valence-electron chi connectivity index (χ0n) is 14.4. The molecule has 2 aromatic heterocycles. The van der Waals surface area contributed by atoms with Crippen LogP contribution in [-0.2, 0) is 10.0 Å². The van der Waals surface area contributed by atoms with E-state index in [2.05, 4.69) is 10.3 Å². The topological polar surface area (TPSA) is 92.5 Å². The highest BCUT2D eigenvalue weighted by atomic mass is 32.2. The van der Waals surface area contributed by atoms with Crippen molar-refractivity contribution in [2.75, 3.05) is 19.4 Å². The van der Waals surface area contributed by atoms with Gasteiger partial charge in [0.2, 0.25) is 10.0 Å². The number of rotatable bonds is 5. The molecule has 2 heterocycles. The van der Waals surface area contributed by atoms with E-state index in [1.54, 1.807) is 30.5 Å². The number of anilines is 1. The van der Waals surface area contributed by atoms with Crippen LogP contribution in [0.15, 0.2) is 51.3 Å². The molecule has 0 aliphatic carbocycles. The first-order valence-corrected chi connectivity index (χ1v) is 9.95. The number of benzene rings is 1. The summed E-state index contributed by atoms with van der Waals surface area (Å²) in [5, 5.41) is 4.98. The lowest BCUT2D eigenvalue weighted by atomic mass is 10.2. The number of carbonyl (C=O) groups is 1. The lowest BCUT2D eigenvalue weighted by Gasteiger charge is -2.11. The Kier molecular flexibility index (Phi) is 4.94. The third-order valence-electron chi connectivity index (χ3n) is 3.76. The molecule has 3 rings (SSSR count). The summed E-state index contributed by atoms with van der Waals surface area (Å²) in [4.78, 5) is 16.8. The number of sulfonamides is 1. The molecule has 0 saturated carbocycles. The van der Waals surface area contributed by atoms with Gasteiger partial charge in [-0.2, -0.15) is 0 Å². The summed E-state index contributed by atoms with van der Waals surface area (Å²) < 4.78 is 30.5. The molecule has 0 aliphatic rings. The minimum absolute atomic E-state index is 0.213. The van der Waals surface area contributed by atoms with E-state index >= 15 is 0 Å². The quantitative estimate of drug-likeness (QED) is 0.721. The second-order valence-corrected chi connectivity index (χ2v) is 8.70. The predicted molar refractivity (Wildman–Crippen MR) is 99.8 cm³/mol. The van der Waals surface area contributed by atoms with Crippen molar-refractivity contribution in [2.45, 2.75) is 11.8 Å². The fraction of sp³-hybridized carbons (Fsp3) is 0.176. The molecule has 136 valence electrons. The molecule has 0 unspecified atom stereocenters. The molecule has 0 atom stereocenters. The summed E-state index contributed by atoms with van der Waals surface area (Å²) in [5.74, 6) is 0.251. The van der Waals surface area contributed by atoms with Crippen LogP contribution in [0.3, 0.4) is 0 Å². The fourth-order valence-corrected chi connectivity index (χ4v) is 3.87. The molecule has 0 saturated heterocycles. The summed E-state index contributed by atoms with van der Waals surface area (Å²) in [6.45, 7) is 1.71. The fourth-order valence-electron chi connectivity index (χ4n) is 2.26. The minimum atomic E-state index is -3.47. The maximum atomic E-state index is 12.2. The van der Waals surface area contributed by atoms with Crippen molar-refractivity contribution in [3.8, 4) is 11.3 Å². The van der Waals surface area contributed by atoms with Crippen LogP contribution in [0.25, 0.3) is 11.3 Å². The highest BCUT2D eigenvalue weighted by Gasteiger charge is 2.17. The number of aryl methyl sites for hydroxylation is 1. The molecule has 0 radical (unpaired) electrons. The standard InChI is InChI=1S/C17H17N3O4S2/c1-11-14(8-9-24-11)16(21)19-17-18-15(10-25-17)12-4-6-13(7-5-12)26(22,23)20(2)3/h4-10H,1-3H3,(H,18,19,21). The third-order valence-corrected chi connectivity index (χ3v) is 6.34. The van der Waals surface area contributed by atoms with E-state index in [0.717, 1.165) is 9.87 Å². The van der Waals surface area contributed by atoms with Gasteiger partial charge in [0.25, 0.3) is 5.91 Å². The van der Waals surface area contributed by atoms with E-state index in [1.807, 2.05) is 0 Å². The molecule has 1 amide bonds. The summed E-state index contributed by atoms with van der Waals surface area (Å²) in [5.41, 5.74) is 1.88. The highest BCUT2D eigenvalue weighted by molar-refractivity contribution is 7.89. The normalized spacial score (nSPS) is 11.7. The summed E-state index contributed by atoms with van der Waals surface area (Å²) in [6.07, 6.45) is 1.46. The third kappa shape index (κ3) is 3.55. The van der Waals surface area contributed by atoms with Crippen molar-refractivity contribution < 1.29 is 17.6 Å². The van der Waals surface area contributed by atoms with E-state index in [9.17, 15) is 13.2 Å². The van der Waals surface area contributed by atoms with Crippen molar-refractivity contribution >= 4 is 32.4 Å². The average molecular weight is 391 g/mol. The Hall–Kier alpha value is -2.49. The number of thiazole rings is 1. The van der Waals surface area contributed by atoms with Crippen LogP contribution in [0.1, 0.15) is 16.1 Å². The van der Waals surface area contributed by atoms with Crippen LogP contribution in [-0.4, -0.2) is 37.7 Å². The largest absolute Gasteiger partial charge is 0.469 e. The smallest absolute Gasteiger partial charge is 0.260 e. The molecule has 26 heavy (non-hydrogen) atoms. The highest BCUT2D eigenvalue weighted by Crippen LogP contribution is 2.27. The molecular weight excluding hydrogens is 374 g/mol. The molecule has 0 bridgehead atoms. The average Bonchev–Trinajstić information content (AvgIpc) is 3.24. The molecule has 0 spiro atoms. The number of nitrogens with zero attached hydrogens (tertiary/aromatic N) is 2. The van der Waals surface area contributed by atoms with Gasteiger partial charge < -0.3 is 4.42 Å². The number of amides is 1. The SMILES string of the molecule is Cc1occc1C(=O)Nc1nc(-c2ccc(S(=O)(=O)N(C)C)cc2)cs1. The molecule has 7 nitrogen and oxygen atoms in total. The first-order chi connectivity index (χ1) is 12.3. The van der Waals surface area contributed by atoms with Crippen LogP contribution in [0.4, 0.5) is 5.13 Å². The number of aromatic nitrogens is 1. The number of furan rings is 1. The van der Waals surface area contributed by atoms with Gasteiger partial charge in [-0.15, -0.1) is 11.3 Å². The number of carbonyl (C=O) groups excluding carboxylic acids is 1. The molecule has 1 N–H and O–H groups in total. The first-order valence-electron chi connectivity index (χ1n) is 7.63.